The molecule has 0 aliphatic rings. The van der Waals surface area contributed by atoms with Crippen molar-refractivity contribution >= 4 is 5.91 Å². The maximum absolute atomic E-state index is 11.7. The number of carbonyl (C=O) groups is 1. The van der Waals surface area contributed by atoms with E-state index in [0.29, 0.717) is 12.1 Å². The summed E-state index contributed by atoms with van der Waals surface area (Å²) >= 11 is 0. The number of aryl methyl sites for hydroxylation is 1. The minimum absolute atomic E-state index is 0.0720. The summed E-state index contributed by atoms with van der Waals surface area (Å²) in [5.74, 6) is 0.168. The predicted octanol–water partition coefficient (Wildman–Crippen LogP) is 0.133. The molecule has 0 aliphatic heterocycles. The molecule has 0 saturated carbocycles. The van der Waals surface area contributed by atoms with Crippen molar-refractivity contribution in [3.8, 4) is 0 Å². The molecule has 0 spiro atoms. The van der Waals surface area contributed by atoms with Crippen molar-refractivity contribution in [3.63, 3.8) is 0 Å². The monoisotopic (exact) mass is 210 g/mol. The molecule has 3 N–H and O–H groups in total. The number of rotatable bonds is 4. The Labute approximate surface area is 89.6 Å². The number of hydrogen-bond donors (Lipinski definition) is 2. The van der Waals surface area contributed by atoms with Gasteiger partial charge in [-0.25, -0.2) is 0 Å². The molecule has 84 valence electrons. The van der Waals surface area contributed by atoms with E-state index in [2.05, 4.69) is 10.4 Å². The Hall–Kier alpha value is -1.36. The summed E-state index contributed by atoms with van der Waals surface area (Å²) in [5.41, 5.74) is 6.10. The Balaban J connectivity index is 2.56. The Morgan fingerprint density at radius 3 is 2.80 bits per heavy atom. The van der Waals surface area contributed by atoms with E-state index in [1.54, 1.807) is 24.1 Å². The number of carbonyl (C=O) groups excluding carboxylic acids is 1. The van der Waals surface area contributed by atoms with Gasteiger partial charge in [-0.05, 0) is 19.4 Å². The van der Waals surface area contributed by atoms with Crippen LogP contribution in [0, 0.1) is 5.92 Å². The quantitative estimate of drug-likeness (QED) is 0.742. The Kier molecular flexibility index (Phi) is 3.85. The lowest BCUT2D eigenvalue weighted by atomic mass is 10.0. The molecule has 0 bridgehead atoms. The smallest absolute Gasteiger partial charge is 0.254 e. The molecular formula is C10H18N4O. The van der Waals surface area contributed by atoms with E-state index in [0.717, 1.165) is 0 Å². The molecule has 0 aliphatic carbocycles. The van der Waals surface area contributed by atoms with Crippen LogP contribution in [0.4, 0.5) is 0 Å². The van der Waals surface area contributed by atoms with E-state index in [1.807, 2.05) is 13.8 Å². The summed E-state index contributed by atoms with van der Waals surface area (Å²) in [4.78, 5) is 11.7. The van der Waals surface area contributed by atoms with E-state index in [9.17, 15) is 4.79 Å². The van der Waals surface area contributed by atoms with Gasteiger partial charge in [-0.15, -0.1) is 0 Å². The first-order valence-electron chi connectivity index (χ1n) is 5.04. The second-order valence-electron chi connectivity index (χ2n) is 3.88. The van der Waals surface area contributed by atoms with E-state index in [4.69, 9.17) is 5.73 Å². The van der Waals surface area contributed by atoms with Crippen LogP contribution in [-0.2, 0) is 7.05 Å². The van der Waals surface area contributed by atoms with Gasteiger partial charge in [0.2, 0.25) is 0 Å². The molecule has 0 aromatic carbocycles. The fourth-order valence-corrected chi connectivity index (χ4v) is 1.17. The first-order valence-corrected chi connectivity index (χ1v) is 5.04. The molecule has 0 radical (unpaired) electrons. The van der Waals surface area contributed by atoms with Gasteiger partial charge in [-0.3, -0.25) is 9.48 Å². The number of amides is 1. The molecule has 5 heteroatoms. The summed E-state index contributed by atoms with van der Waals surface area (Å²) in [6, 6.07) is 0.0720. The normalized spacial score (nSPS) is 14.7. The van der Waals surface area contributed by atoms with Crippen LogP contribution in [0.5, 0.6) is 0 Å². The van der Waals surface area contributed by atoms with Gasteiger partial charge in [0.25, 0.3) is 5.91 Å². The number of nitrogens with zero attached hydrogens (tertiary/aromatic N) is 2. The van der Waals surface area contributed by atoms with Crippen LogP contribution in [-0.4, -0.2) is 28.3 Å². The molecule has 1 aromatic rings. The zero-order valence-corrected chi connectivity index (χ0v) is 9.40. The molecule has 15 heavy (non-hydrogen) atoms. The molecule has 1 aromatic heterocycles. The van der Waals surface area contributed by atoms with Gasteiger partial charge in [-0.2, -0.15) is 5.10 Å². The maximum Gasteiger partial charge on any atom is 0.254 e. The minimum Gasteiger partial charge on any atom is -0.349 e. The molecule has 1 rings (SSSR count). The van der Waals surface area contributed by atoms with Crippen molar-refractivity contribution in [1.82, 2.24) is 15.1 Å². The van der Waals surface area contributed by atoms with Gasteiger partial charge in [0.1, 0.15) is 0 Å². The average Bonchev–Trinajstić information content (AvgIpc) is 2.63. The zero-order valence-electron chi connectivity index (χ0n) is 9.40. The number of aromatic nitrogens is 2. The zero-order chi connectivity index (χ0) is 11.4. The minimum atomic E-state index is -0.101. The lowest BCUT2D eigenvalue weighted by Crippen LogP contribution is -2.39. The van der Waals surface area contributed by atoms with Crippen LogP contribution in [0.25, 0.3) is 0 Å². The second-order valence-corrected chi connectivity index (χ2v) is 3.88. The van der Waals surface area contributed by atoms with Crippen molar-refractivity contribution in [2.24, 2.45) is 18.7 Å². The predicted molar refractivity (Wildman–Crippen MR) is 58.4 cm³/mol. The van der Waals surface area contributed by atoms with Gasteiger partial charge >= 0.3 is 0 Å². The van der Waals surface area contributed by atoms with E-state index >= 15 is 0 Å². The highest BCUT2D eigenvalue weighted by Gasteiger charge is 2.15. The second kappa shape index (κ2) is 4.93. The third-order valence-corrected chi connectivity index (χ3v) is 2.55. The summed E-state index contributed by atoms with van der Waals surface area (Å²) in [5, 5.41) is 6.83. The fourth-order valence-electron chi connectivity index (χ4n) is 1.17. The topological polar surface area (TPSA) is 72.9 Å². The van der Waals surface area contributed by atoms with Crippen LogP contribution < -0.4 is 11.1 Å². The van der Waals surface area contributed by atoms with Crippen LogP contribution in [0.2, 0.25) is 0 Å². The molecule has 0 saturated heterocycles. The van der Waals surface area contributed by atoms with Crippen LogP contribution in [0.1, 0.15) is 24.2 Å². The summed E-state index contributed by atoms with van der Waals surface area (Å²) < 4.78 is 1.60. The Morgan fingerprint density at radius 2 is 2.33 bits per heavy atom. The van der Waals surface area contributed by atoms with Gasteiger partial charge in [0, 0.05) is 19.3 Å². The molecule has 2 unspecified atom stereocenters. The van der Waals surface area contributed by atoms with E-state index < -0.39 is 0 Å². The summed E-state index contributed by atoms with van der Waals surface area (Å²) in [7, 11) is 1.78. The largest absolute Gasteiger partial charge is 0.349 e. The molecule has 0 fully saturated rings. The third-order valence-electron chi connectivity index (χ3n) is 2.55. The van der Waals surface area contributed by atoms with Gasteiger partial charge < -0.3 is 11.1 Å². The maximum atomic E-state index is 11.7. The van der Waals surface area contributed by atoms with Crippen molar-refractivity contribution < 1.29 is 4.79 Å². The van der Waals surface area contributed by atoms with Crippen LogP contribution in [0.15, 0.2) is 12.4 Å². The van der Waals surface area contributed by atoms with Gasteiger partial charge in [0.05, 0.1) is 11.8 Å². The highest BCUT2D eigenvalue weighted by atomic mass is 16.1. The fraction of sp³-hybridized carbons (Fsp3) is 0.600. The Bertz CT molecular complexity index is 334. The highest BCUT2D eigenvalue weighted by molar-refractivity contribution is 5.93. The first-order chi connectivity index (χ1) is 7.04. The van der Waals surface area contributed by atoms with Crippen molar-refractivity contribution in [2.75, 3.05) is 6.54 Å². The molecule has 2 atom stereocenters. The van der Waals surface area contributed by atoms with Crippen molar-refractivity contribution in [2.45, 2.75) is 19.9 Å². The van der Waals surface area contributed by atoms with Crippen molar-refractivity contribution in [3.05, 3.63) is 18.0 Å². The molecule has 5 nitrogen and oxygen atoms in total. The van der Waals surface area contributed by atoms with Gasteiger partial charge in [0.15, 0.2) is 0 Å². The van der Waals surface area contributed by atoms with Crippen LogP contribution >= 0.6 is 0 Å². The third kappa shape index (κ3) is 3.06. The lowest BCUT2D eigenvalue weighted by molar-refractivity contribution is 0.0929. The number of nitrogens with two attached hydrogens (primary N) is 1. The number of nitrogens with one attached hydrogen (secondary N) is 1. The van der Waals surface area contributed by atoms with Crippen molar-refractivity contribution in [1.29, 1.82) is 0 Å². The highest BCUT2D eigenvalue weighted by Crippen LogP contribution is 2.02. The molecule has 1 heterocycles. The van der Waals surface area contributed by atoms with Gasteiger partial charge in [-0.1, -0.05) is 6.92 Å². The molecule has 1 amide bonds. The summed E-state index contributed by atoms with van der Waals surface area (Å²) in [6.07, 6.45) is 3.24. The standard InChI is InChI=1S/C10H18N4O/c1-7(4-11)8(2)13-10(15)9-5-12-14(3)6-9/h5-8H,4,11H2,1-3H3,(H,13,15). The van der Waals surface area contributed by atoms with E-state index in [1.165, 1.54) is 0 Å². The average molecular weight is 210 g/mol. The number of hydrogen-bond acceptors (Lipinski definition) is 3. The SMILES string of the molecule is CC(CN)C(C)NC(=O)c1cnn(C)c1. The lowest BCUT2D eigenvalue weighted by Gasteiger charge is -2.19. The molecular weight excluding hydrogens is 192 g/mol. The summed E-state index contributed by atoms with van der Waals surface area (Å²) in [6.45, 7) is 4.52. The van der Waals surface area contributed by atoms with Crippen LogP contribution in [0.3, 0.4) is 0 Å². The Morgan fingerprint density at radius 1 is 1.67 bits per heavy atom. The first kappa shape index (κ1) is 11.7. The van der Waals surface area contributed by atoms with E-state index in [-0.39, 0.29) is 17.9 Å².